The molecule has 1 aliphatic heterocycles. The number of hydrogen-bond acceptors (Lipinski definition) is 5. The van der Waals surface area contributed by atoms with Gasteiger partial charge in [-0.25, -0.2) is 0 Å². The zero-order valence-corrected chi connectivity index (χ0v) is 8.87. The van der Waals surface area contributed by atoms with Crippen LogP contribution in [0.2, 0.25) is 0 Å². The van der Waals surface area contributed by atoms with E-state index in [2.05, 4.69) is 0 Å². The lowest BCUT2D eigenvalue weighted by Gasteiger charge is -2.38. The lowest BCUT2D eigenvalue weighted by Crippen LogP contribution is -2.50. The van der Waals surface area contributed by atoms with Gasteiger partial charge in [-0.05, 0) is 12.1 Å². The molecular weight excluding hydrogens is 226 g/mol. The summed E-state index contributed by atoms with van der Waals surface area (Å²) in [7, 11) is 0. The quantitative estimate of drug-likeness (QED) is 0.455. The molecule has 7 nitrogen and oxygen atoms in total. The van der Waals surface area contributed by atoms with Crippen LogP contribution in [-0.4, -0.2) is 29.1 Å². The van der Waals surface area contributed by atoms with Crippen LogP contribution in [-0.2, 0) is 4.79 Å². The van der Waals surface area contributed by atoms with Crippen LogP contribution in [0.4, 0.5) is 17.1 Å². The van der Waals surface area contributed by atoms with Crippen molar-refractivity contribution in [3.05, 3.63) is 28.3 Å². The van der Waals surface area contributed by atoms with Gasteiger partial charge in [-0.15, -0.1) is 0 Å². The van der Waals surface area contributed by atoms with Crippen LogP contribution in [0.3, 0.4) is 0 Å². The number of hydrogen-bond donors (Lipinski definition) is 2. The number of carboxylic acid groups (broad SMARTS) is 1. The molecule has 0 amide bonds. The van der Waals surface area contributed by atoms with Crippen molar-refractivity contribution in [2.45, 2.75) is 0 Å². The van der Waals surface area contributed by atoms with Crippen molar-refractivity contribution in [2.24, 2.45) is 5.92 Å². The second kappa shape index (κ2) is 3.93. The minimum atomic E-state index is -0.882. The van der Waals surface area contributed by atoms with Crippen LogP contribution >= 0.6 is 0 Å². The summed E-state index contributed by atoms with van der Waals surface area (Å²) in [5, 5.41) is 19.6. The minimum absolute atomic E-state index is 0.0527. The normalized spacial score (nSPS) is 15.4. The highest BCUT2D eigenvalue weighted by Gasteiger charge is 2.35. The Morgan fingerprint density at radius 2 is 2.18 bits per heavy atom. The molecule has 1 aromatic rings. The van der Waals surface area contributed by atoms with Gasteiger partial charge >= 0.3 is 5.97 Å². The molecule has 1 saturated heterocycles. The van der Waals surface area contributed by atoms with Gasteiger partial charge in [0.15, 0.2) is 0 Å². The smallest absolute Gasteiger partial charge is 0.310 e. The fraction of sp³-hybridized carbons (Fsp3) is 0.300. The summed E-state index contributed by atoms with van der Waals surface area (Å²) in [5.74, 6) is -1.34. The molecule has 0 aromatic heterocycles. The van der Waals surface area contributed by atoms with Crippen LogP contribution in [0.15, 0.2) is 18.2 Å². The van der Waals surface area contributed by atoms with Crippen molar-refractivity contribution >= 4 is 23.0 Å². The van der Waals surface area contributed by atoms with Crippen LogP contribution in [0.1, 0.15) is 0 Å². The highest BCUT2D eigenvalue weighted by atomic mass is 16.6. The fourth-order valence-electron chi connectivity index (χ4n) is 1.78. The Labute approximate surface area is 96.6 Å². The second-order valence-corrected chi connectivity index (χ2v) is 3.95. The topological polar surface area (TPSA) is 110 Å². The van der Waals surface area contributed by atoms with E-state index < -0.39 is 16.8 Å². The van der Waals surface area contributed by atoms with Crippen LogP contribution in [0.25, 0.3) is 0 Å². The molecule has 17 heavy (non-hydrogen) atoms. The molecule has 7 heteroatoms. The largest absolute Gasteiger partial charge is 0.481 e. The monoisotopic (exact) mass is 237 g/mol. The molecule has 0 atom stereocenters. The first-order valence-electron chi connectivity index (χ1n) is 5.00. The third kappa shape index (κ3) is 1.99. The lowest BCUT2D eigenvalue weighted by molar-refractivity contribution is -0.384. The molecule has 0 aliphatic carbocycles. The molecule has 1 aliphatic rings. The van der Waals surface area contributed by atoms with E-state index in [1.165, 1.54) is 18.2 Å². The number of carbonyl (C=O) groups is 1. The number of benzene rings is 1. The van der Waals surface area contributed by atoms with Crippen molar-refractivity contribution in [2.75, 3.05) is 23.7 Å². The molecule has 0 radical (unpaired) electrons. The van der Waals surface area contributed by atoms with E-state index in [4.69, 9.17) is 10.8 Å². The third-order valence-electron chi connectivity index (χ3n) is 2.77. The number of carboxylic acids is 1. The van der Waals surface area contributed by atoms with Crippen LogP contribution in [0, 0.1) is 16.0 Å². The Balaban J connectivity index is 2.24. The second-order valence-electron chi connectivity index (χ2n) is 3.95. The van der Waals surface area contributed by atoms with E-state index in [0.29, 0.717) is 11.4 Å². The van der Waals surface area contributed by atoms with Gasteiger partial charge in [-0.2, -0.15) is 0 Å². The van der Waals surface area contributed by atoms with E-state index in [0.717, 1.165) is 0 Å². The van der Waals surface area contributed by atoms with Crippen molar-refractivity contribution in [3.8, 4) is 0 Å². The molecule has 0 bridgehead atoms. The van der Waals surface area contributed by atoms with Gasteiger partial charge in [0, 0.05) is 24.8 Å². The average Bonchev–Trinajstić information content (AvgIpc) is 2.14. The Kier molecular flexibility index (Phi) is 2.58. The maximum atomic E-state index is 10.8. The van der Waals surface area contributed by atoms with Crippen LogP contribution in [0.5, 0.6) is 0 Å². The Bertz CT molecular complexity index is 482. The summed E-state index contributed by atoms with van der Waals surface area (Å²) in [4.78, 5) is 22.6. The maximum absolute atomic E-state index is 10.8. The molecule has 0 saturated carbocycles. The average molecular weight is 237 g/mol. The first-order valence-corrected chi connectivity index (χ1v) is 5.00. The van der Waals surface area contributed by atoms with Crippen LogP contribution < -0.4 is 10.6 Å². The zero-order valence-electron chi connectivity index (χ0n) is 8.87. The molecule has 0 spiro atoms. The molecular formula is C10H11N3O4. The number of rotatable bonds is 3. The highest BCUT2D eigenvalue weighted by molar-refractivity contribution is 5.77. The van der Waals surface area contributed by atoms with Gasteiger partial charge in [-0.3, -0.25) is 14.9 Å². The molecule has 0 unspecified atom stereocenters. The number of nitrogens with two attached hydrogens (primary N) is 1. The number of nitrogen functional groups attached to an aromatic ring is 1. The molecule has 2 rings (SSSR count). The molecule has 1 fully saturated rings. The molecule has 1 heterocycles. The zero-order chi connectivity index (χ0) is 12.6. The Morgan fingerprint density at radius 1 is 1.53 bits per heavy atom. The lowest BCUT2D eigenvalue weighted by atomic mass is 9.99. The number of aliphatic carboxylic acids is 1. The van der Waals surface area contributed by atoms with Gasteiger partial charge in [0.25, 0.3) is 5.69 Å². The Morgan fingerprint density at radius 3 is 2.71 bits per heavy atom. The number of anilines is 2. The van der Waals surface area contributed by atoms with Crippen molar-refractivity contribution in [1.82, 2.24) is 0 Å². The van der Waals surface area contributed by atoms with Gasteiger partial charge in [0.05, 0.1) is 10.8 Å². The van der Waals surface area contributed by atoms with Gasteiger partial charge in [-0.1, -0.05) is 0 Å². The van der Waals surface area contributed by atoms with E-state index in [1.54, 1.807) is 4.90 Å². The summed E-state index contributed by atoms with van der Waals surface area (Å²) in [6.45, 7) is 0.555. The fourth-order valence-corrected chi connectivity index (χ4v) is 1.78. The maximum Gasteiger partial charge on any atom is 0.310 e. The summed E-state index contributed by atoms with van der Waals surface area (Å²) in [6, 6.07) is 4.28. The molecule has 90 valence electrons. The summed E-state index contributed by atoms with van der Waals surface area (Å²) < 4.78 is 0. The van der Waals surface area contributed by atoms with Crippen molar-refractivity contribution < 1.29 is 14.8 Å². The first-order chi connectivity index (χ1) is 7.99. The van der Waals surface area contributed by atoms with Gasteiger partial charge < -0.3 is 15.7 Å². The van der Waals surface area contributed by atoms with E-state index in [9.17, 15) is 14.9 Å². The number of nitro groups is 1. The predicted octanol–water partition coefficient (Wildman–Crippen LogP) is 0.698. The summed E-state index contributed by atoms with van der Waals surface area (Å²) in [5.41, 5.74) is 6.32. The first kappa shape index (κ1) is 11.2. The predicted molar refractivity (Wildman–Crippen MR) is 60.8 cm³/mol. The van der Waals surface area contributed by atoms with E-state index in [1.807, 2.05) is 0 Å². The summed E-state index contributed by atoms with van der Waals surface area (Å²) in [6.07, 6.45) is 0. The Hall–Kier alpha value is -2.31. The van der Waals surface area contributed by atoms with Gasteiger partial charge in [0.1, 0.15) is 5.69 Å². The number of nitro benzene ring substituents is 1. The van der Waals surface area contributed by atoms with Crippen molar-refractivity contribution in [3.63, 3.8) is 0 Å². The number of nitrogens with zero attached hydrogens (tertiary/aromatic N) is 2. The third-order valence-corrected chi connectivity index (χ3v) is 2.77. The standard InChI is InChI=1S/C10H11N3O4/c11-7-1-2-8(13(16)17)9(3-7)12-4-6(5-12)10(14)15/h1-3,6H,4-5,11H2,(H,14,15). The molecule has 3 N–H and O–H groups in total. The van der Waals surface area contributed by atoms with E-state index in [-0.39, 0.29) is 18.8 Å². The van der Waals surface area contributed by atoms with Gasteiger partial charge in [0.2, 0.25) is 0 Å². The van der Waals surface area contributed by atoms with E-state index >= 15 is 0 Å². The minimum Gasteiger partial charge on any atom is -0.481 e. The highest BCUT2D eigenvalue weighted by Crippen LogP contribution is 2.34. The summed E-state index contributed by atoms with van der Waals surface area (Å²) >= 11 is 0. The SMILES string of the molecule is Nc1ccc([N+](=O)[O-])c(N2CC(C(=O)O)C2)c1. The molecule has 1 aromatic carbocycles. The van der Waals surface area contributed by atoms with Crippen molar-refractivity contribution in [1.29, 1.82) is 0 Å².